The number of aromatic amines is 1. The molecule has 4 rings (SSSR count). The number of aromatic nitrogens is 4. The molecular formula is C20H15ClN4O4. The molecule has 0 fully saturated rings. The first-order valence-electron chi connectivity index (χ1n) is 8.54. The molecule has 0 aliphatic heterocycles. The molecule has 8 nitrogen and oxygen atoms in total. The van der Waals surface area contributed by atoms with Gasteiger partial charge >= 0.3 is 11.9 Å². The fraction of sp³-hybridized carbons (Fsp3) is 0.100. The number of rotatable bonds is 4. The van der Waals surface area contributed by atoms with Crippen LogP contribution in [0.4, 0.5) is 0 Å². The fourth-order valence-electron chi connectivity index (χ4n) is 3.08. The van der Waals surface area contributed by atoms with Gasteiger partial charge in [-0.15, -0.1) is 0 Å². The maximum atomic E-state index is 12.6. The van der Waals surface area contributed by atoms with Crippen LogP contribution < -0.4 is 0 Å². The molecule has 0 radical (unpaired) electrons. The zero-order valence-corrected chi connectivity index (χ0v) is 16.2. The van der Waals surface area contributed by atoms with Crippen LogP contribution in [0.2, 0.25) is 5.15 Å². The van der Waals surface area contributed by atoms with Crippen molar-refractivity contribution in [3.8, 4) is 16.9 Å². The first kappa shape index (κ1) is 18.7. The van der Waals surface area contributed by atoms with Crippen LogP contribution in [0.1, 0.15) is 20.8 Å². The number of carbonyl (C=O) groups excluding carboxylic acids is 2. The Balaban J connectivity index is 2.04. The number of hydrogen-bond donors (Lipinski definition) is 1. The highest BCUT2D eigenvalue weighted by atomic mass is 35.5. The Hall–Kier alpha value is -3.65. The van der Waals surface area contributed by atoms with Crippen molar-refractivity contribution in [3.63, 3.8) is 0 Å². The van der Waals surface area contributed by atoms with E-state index in [1.807, 2.05) is 6.07 Å². The van der Waals surface area contributed by atoms with Crippen molar-refractivity contribution in [2.75, 3.05) is 14.2 Å². The van der Waals surface area contributed by atoms with Gasteiger partial charge in [-0.05, 0) is 24.3 Å². The molecule has 4 aromatic rings. The molecule has 146 valence electrons. The zero-order valence-electron chi connectivity index (χ0n) is 15.5. The van der Waals surface area contributed by atoms with Gasteiger partial charge in [-0.3, -0.25) is 5.10 Å². The lowest BCUT2D eigenvalue weighted by Crippen LogP contribution is -2.15. The molecule has 29 heavy (non-hydrogen) atoms. The summed E-state index contributed by atoms with van der Waals surface area (Å²) in [5, 5.41) is 12.4. The number of esters is 2. The Morgan fingerprint density at radius 2 is 1.76 bits per heavy atom. The molecule has 2 aromatic carbocycles. The first-order chi connectivity index (χ1) is 14.0. The summed E-state index contributed by atoms with van der Waals surface area (Å²) in [6, 6.07) is 14.2. The number of para-hydroxylation sites is 1. The van der Waals surface area contributed by atoms with Gasteiger partial charge in [0.25, 0.3) is 0 Å². The number of fused-ring (bicyclic) bond motifs is 1. The van der Waals surface area contributed by atoms with E-state index in [9.17, 15) is 9.59 Å². The lowest BCUT2D eigenvalue weighted by molar-refractivity contribution is 0.0549. The average molecular weight is 411 g/mol. The SMILES string of the molecule is COC(=O)c1c(-c2ccc3n[nH]c(Cl)c3c2)nn(-c2ccccc2)c1C(=O)OC. The highest BCUT2D eigenvalue weighted by Gasteiger charge is 2.31. The highest BCUT2D eigenvalue weighted by Crippen LogP contribution is 2.32. The number of benzene rings is 2. The topological polar surface area (TPSA) is 99.1 Å². The number of nitrogens with one attached hydrogen (secondary N) is 1. The van der Waals surface area contributed by atoms with E-state index in [-0.39, 0.29) is 17.0 Å². The number of halogens is 1. The van der Waals surface area contributed by atoms with E-state index in [2.05, 4.69) is 15.3 Å². The van der Waals surface area contributed by atoms with Gasteiger partial charge in [0.05, 0.1) is 25.4 Å². The molecule has 0 spiro atoms. The van der Waals surface area contributed by atoms with Gasteiger partial charge in [0.15, 0.2) is 5.69 Å². The largest absolute Gasteiger partial charge is 0.465 e. The van der Waals surface area contributed by atoms with Crippen molar-refractivity contribution in [2.45, 2.75) is 0 Å². The molecule has 0 atom stereocenters. The fourth-order valence-corrected chi connectivity index (χ4v) is 3.28. The summed E-state index contributed by atoms with van der Waals surface area (Å²) in [5.41, 5.74) is 2.06. The van der Waals surface area contributed by atoms with Crippen LogP contribution in [0.3, 0.4) is 0 Å². The number of ether oxygens (including phenoxy) is 2. The molecule has 0 bridgehead atoms. The molecule has 0 amide bonds. The Kier molecular flexibility index (Phi) is 4.77. The first-order valence-corrected chi connectivity index (χ1v) is 8.92. The molecular weight excluding hydrogens is 396 g/mol. The smallest absolute Gasteiger partial charge is 0.357 e. The zero-order chi connectivity index (χ0) is 20.5. The molecule has 0 saturated heterocycles. The quantitative estimate of drug-likeness (QED) is 0.515. The van der Waals surface area contributed by atoms with Gasteiger partial charge < -0.3 is 9.47 Å². The van der Waals surface area contributed by atoms with Gasteiger partial charge in [0.1, 0.15) is 16.4 Å². The summed E-state index contributed by atoms with van der Waals surface area (Å²) in [6.07, 6.45) is 0. The van der Waals surface area contributed by atoms with Gasteiger partial charge in [-0.1, -0.05) is 35.9 Å². The van der Waals surface area contributed by atoms with Crippen molar-refractivity contribution in [1.29, 1.82) is 0 Å². The summed E-state index contributed by atoms with van der Waals surface area (Å²) < 4.78 is 11.2. The predicted octanol–water partition coefficient (Wildman–Crippen LogP) is 3.64. The summed E-state index contributed by atoms with van der Waals surface area (Å²) in [7, 11) is 2.48. The molecule has 1 N–H and O–H groups in total. The molecule has 0 aliphatic carbocycles. The van der Waals surface area contributed by atoms with E-state index >= 15 is 0 Å². The molecule has 9 heteroatoms. The lowest BCUT2D eigenvalue weighted by atomic mass is 10.0. The average Bonchev–Trinajstić information content (AvgIpc) is 3.34. The van der Waals surface area contributed by atoms with Crippen molar-refractivity contribution < 1.29 is 19.1 Å². The second-order valence-electron chi connectivity index (χ2n) is 6.07. The van der Waals surface area contributed by atoms with Crippen LogP contribution >= 0.6 is 11.6 Å². The number of carbonyl (C=O) groups is 2. The third-order valence-electron chi connectivity index (χ3n) is 4.44. The number of nitrogens with zero attached hydrogens (tertiary/aromatic N) is 3. The Labute approximate surface area is 170 Å². The van der Waals surface area contributed by atoms with E-state index in [0.29, 0.717) is 27.3 Å². The Morgan fingerprint density at radius 1 is 1.03 bits per heavy atom. The van der Waals surface area contributed by atoms with E-state index in [1.165, 1.54) is 18.9 Å². The van der Waals surface area contributed by atoms with Crippen LogP contribution in [0, 0.1) is 0 Å². The van der Waals surface area contributed by atoms with Gasteiger partial charge in [0.2, 0.25) is 0 Å². The summed E-state index contributed by atoms with van der Waals surface area (Å²) in [6.45, 7) is 0. The second-order valence-corrected chi connectivity index (χ2v) is 6.45. The molecule has 0 aliphatic rings. The monoisotopic (exact) mass is 410 g/mol. The van der Waals surface area contributed by atoms with E-state index in [0.717, 1.165) is 0 Å². The minimum Gasteiger partial charge on any atom is -0.465 e. The number of hydrogen-bond acceptors (Lipinski definition) is 6. The standard InChI is InChI=1S/C20H15ClN4O4/c1-28-19(26)15-16(11-8-9-14-13(10-11)18(21)23-22-14)24-25(17(15)20(27)29-2)12-6-4-3-5-7-12/h3-10H,1-2H3,(H,22,23). The van der Waals surface area contributed by atoms with Gasteiger partial charge in [-0.25, -0.2) is 14.3 Å². The maximum Gasteiger partial charge on any atom is 0.357 e. The number of methoxy groups -OCH3 is 2. The van der Waals surface area contributed by atoms with Gasteiger partial charge in [-0.2, -0.15) is 10.2 Å². The number of H-pyrrole nitrogens is 1. The Bertz CT molecular complexity index is 1230. The molecule has 2 aromatic heterocycles. The van der Waals surface area contributed by atoms with Gasteiger partial charge in [0, 0.05) is 10.9 Å². The van der Waals surface area contributed by atoms with Crippen molar-refractivity contribution in [1.82, 2.24) is 20.0 Å². The van der Waals surface area contributed by atoms with E-state index in [4.69, 9.17) is 21.1 Å². The molecule has 0 unspecified atom stereocenters. The summed E-state index contributed by atoms with van der Waals surface area (Å²) in [5.74, 6) is -1.42. The van der Waals surface area contributed by atoms with Crippen molar-refractivity contribution >= 4 is 34.4 Å². The summed E-state index contributed by atoms with van der Waals surface area (Å²) in [4.78, 5) is 25.2. The normalized spacial score (nSPS) is 10.9. The minimum absolute atomic E-state index is 0.00201. The van der Waals surface area contributed by atoms with Crippen LogP contribution in [0.15, 0.2) is 48.5 Å². The minimum atomic E-state index is -0.713. The third kappa shape index (κ3) is 3.13. The van der Waals surface area contributed by atoms with Crippen LogP contribution in [-0.2, 0) is 9.47 Å². The van der Waals surface area contributed by atoms with Crippen molar-refractivity contribution in [3.05, 3.63) is 64.9 Å². The second kappa shape index (κ2) is 7.40. The summed E-state index contributed by atoms with van der Waals surface area (Å²) >= 11 is 6.16. The predicted molar refractivity (Wildman–Crippen MR) is 106 cm³/mol. The van der Waals surface area contributed by atoms with Crippen LogP contribution in [-0.4, -0.2) is 46.1 Å². The maximum absolute atomic E-state index is 12.6. The highest BCUT2D eigenvalue weighted by molar-refractivity contribution is 6.34. The van der Waals surface area contributed by atoms with E-state index in [1.54, 1.807) is 42.5 Å². The Morgan fingerprint density at radius 3 is 2.45 bits per heavy atom. The van der Waals surface area contributed by atoms with Crippen LogP contribution in [0.5, 0.6) is 0 Å². The lowest BCUT2D eigenvalue weighted by Gasteiger charge is -2.07. The van der Waals surface area contributed by atoms with E-state index < -0.39 is 11.9 Å². The van der Waals surface area contributed by atoms with Crippen LogP contribution in [0.25, 0.3) is 27.8 Å². The van der Waals surface area contributed by atoms with Crippen molar-refractivity contribution in [2.24, 2.45) is 0 Å². The molecule has 0 saturated carbocycles. The third-order valence-corrected chi connectivity index (χ3v) is 4.72. The molecule has 2 heterocycles.